The van der Waals surface area contributed by atoms with Crippen molar-refractivity contribution in [1.82, 2.24) is 31.9 Å². The number of hydrogen-bond donors (Lipinski definition) is 6. The van der Waals surface area contributed by atoms with Gasteiger partial charge in [-0.25, -0.2) is 0 Å². The highest BCUT2D eigenvalue weighted by Crippen LogP contribution is 2.18. The first kappa shape index (κ1) is 98.4. The molecule has 0 aromatic carbocycles. The molecule has 6 amide bonds. The van der Waals surface area contributed by atoms with E-state index in [9.17, 15) is 67.1 Å². The summed E-state index contributed by atoms with van der Waals surface area (Å²) in [5.74, 6) is -4.16. The number of carbonyl (C=O) groups is 14. The number of thioether (sulfide) groups is 1. The number of esters is 1. The molecule has 0 bridgehead atoms. The van der Waals surface area contributed by atoms with Gasteiger partial charge < -0.3 is 36.6 Å². The molecule has 6 N–H and O–H groups in total. The third-order valence-electron chi connectivity index (χ3n) is 18.4. The summed E-state index contributed by atoms with van der Waals surface area (Å²) in [4.78, 5) is 173. The zero-order valence-electron chi connectivity index (χ0n) is 65.4. The summed E-state index contributed by atoms with van der Waals surface area (Å²) < 4.78 is 5.23. The van der Waals surface area contributed by atoms with E-state index in [2.05, 4.69) is 59.6 Å². The van der Waals surface area contributed by atoms with Gasteiger partial charge in [0.25, 0.3) is 0 Å². The van der Waals surface area contributed by atoms with Crippen LogP contribution in [0.15, 0.2) is 0 Å². The third-order valence-corrected chi connectivity index (χ3v) is 19.4. The lowest BCUT2D eigenvalue weighted by atomic mass is 10.0. The lowest BCUT2D eigenvalue weighted by molar-refractivity contribution is -0.146. The summed E-state index contributed by atoms with van der Waals surface area (Å²) in [5.41, 5.74) is 0. The zero-order chi connectivity index (χ0) is 76.6. The lowest BCUT2D eigenvalue weighted by Crippen LogP contribution is -2.45. The van der Waals surface area contributed by atoms with E-state index in [4.69, 9.17) is 4.74 Å². The second-order valence-electron chi connectivity index (χ2n) is 28.2. The fourth-order valence-corrected chi connectivity index (χ4v) is 12.5. The van der Waals surface area contributed by atoms with Gasteiger partial charge in [0, 0.05) is 57.1 Å². The quantitative estimate of drug-likeness (QED) is 0.0243. The zero-order valence-corrected chi connectivity index (χ0v) is 66.2. The maximum absolute atomic E-state index is 12.7. The van der Waals surface area contributed by atoms with Gasteiger partial charge in [-0.15, -0.1) is 0 Å². The molecule has 0 aliphatic heterocycles. The van der Waals surface area contributed by atoms with Crippen molar-refractivity contribution in [2.24, 2.45) is 0 Å². The number of amides is 6. The summed E-state index contributed by atoms with van der Waals surface area (Å²) in [5, 5.41) is 15.9. The van der Waals surface area contributed by atoms with E-state index in [1.165, 1.54) is 183 Å². The van der Waals surface area contributed by atoms with Crippen molar-refractivity contribution in [2.75, 3.05) is 12.4 Å². The number of hydrogen-bond acceptors (Lipinski definition) is 16. The Balaban J connectivity index is 0. The fourth-order valence-electron chi connectivity index (χ4n) is 11.6. The molecule has 0 heterocycles. The minimum absolute atomic E-state index is 0.0290. The number of carbonyl (C=O) groups excluding carboxylic acids is 14. The Hall–Kier alpha value is -5.67. The van der Waals surface area contributed by atoms with Crippen molar-refractivity contribution in [3.63, 3.8) is 0 Å². The fraction of sp³-hybridized carbons (Fsp3) is 0.825. The molecule has 0 aromatic heterocycles. The van der Waals surface area contributed by atoms with E-state index < -0.39 is 59.8 Å². The molecule has 21 nitrogen and oxygen atoms in total. The molecule has 588 valence electrons. The molecule has 0 saturated heterocycles. The van der Waals surface area contributed by atoms with Crippen LogP contribution in [0.4, 0.5) is 0 Å². The Morgan fingerprint density at radius 1 is 0.245 bits per heavy atom. The second-order valence-corrected chi connectivity index (χ2v) is 29.3. The molecule has 0 rings (SSSR count). The molecule has 0 fully saturated rings. The second kappa shape index (κ2) is 67.2. The molecule has 0 aliphatic rings. The van der Waals surface area contributed by atoms with Gasteiger partial charge in [-0.1, -0.05) is 245 Å². The monoisotopic (exact) mass is 1460 g/mol. The van der Waals surface area contributed by atoms with Crippen LogP contribution >= 0.6 is 11.8 Å². The molecule has 0 radical (unpaired) electrons. The molecule has 0 aliphatic carbocycles. The first-order valence-electron chi connectivity index (χ1n) is 39.9. The van der Waals surface area contributed by atoms with Crippen LogP contribution in [0.2, 0.25) is 0 Å². The van der Waals surface area contributed by atoms with Crippen molar-refractivity contribution >= 4 is 93.0 Å². The number of ketones is 6. The largest absolute Gasteiger partial charge is 0.463 e. The van der Waals surface area contributed by atoms with Crippen molar-refractivity contribution in [3.05, 3.63) is 0 Å². The first-order valence-corrected chi connectivity index (χ1v) is 40.9. The number of unbranched alkanes of at least 4 members (excludes halogenated alkanes) is 32. The van der Waals surface area contributed by atoms with E-state index in [0.717, 1.165) is 102 Å². The van der Waals surface area contributed by atoms with E-state index in [0.29, 0.717) is 25.7 Å². The van der Waals surface area contributed by atoms with Crippen LogP contribution in [0.1, 0.15) is 377 Å². The predicted molar refractivity (Wildman–Crippen MR) is 408 cm³/mol. The molecule has 102 heavy (non-hydrogen) atoms. The molecular formula is C80H142N6O15S. The normalized spacial score (nSPS) is 12.8. The van der Waals surface area contributed by atoms with Crippen LogP contribution in [-0.2, 0) is 71.9 Å². The topological polar surface area (TPSA) is 320 Å². The van der Waals surface area contributed by atoms with E-state index in [1.54, 1.807) is 0 Å². The van der Waals surface area contributed by atoms with Gasteiger partial charge >= 0.3 is 5.97 Å². The standard InChI is InChI=1S/C40H71N3O8.C40H71N3O7S/c2*1-6-8-10-12-14-16-18-20-22-24-37(47)41-34(31(3)44)26-28-39(49)43-36(33(5)46)30-51-40(50)29-27-35(32(4)45)42-38(48)25-23-21-19-17-15-13-11-9-7-2/h2*34-36H,6-30H2,1-5H3,(H,41,47)(H,42,48)(H,43,49). The van der Waals surface area contributed by atoms with Crippen molar-refractivity contribution < 1.29 is 71.9 Å². The minimum atomic E-state index is -1.09. The molecule has 6 unspecified atom stereocenters. The first-order chi connectivity index (χ1) is 48.8. The van der Waals surface area contributed by atoms with Gasteiger partial charge in [0.15, 0.2) is 39.8 Å². The summed E-state index contributed by atoms with van der Waals surface area (Å²) in [6.45, 7) is 16.5. The van der Waals surface area contributed by atoms with E-state index >= 15 is 0 Å². The van der Waals surface area contributed by atoms with Gasteiger partial charge in [0.1, 0.15) is 12.6 Å². The molecule has 0 aromatic rings. The van der Waals surface area contributed by atoms with E-state index in [-0.39, 0.29) is 121 Å². The van der Waals surface area contributed by atoms with Gasteiger partial charge in [0.2, 0.25) is 35.4 Å². The summed E-state index contributed by atoms with van der Waals surface area (Å²) in [7, 11) is 0. The lowest BCUT2D eigenvalue weighted by Gasteiger charge is -2.19. The molecular weight excluding hydrogens is 1320 g/mol. The highest BCUT2D eigenvalue weighted by molar-refractivity contribution is 8.13. The average Bonchev–Trinajstić information content (AvgIpc) is 0.959. The Bertz CT molecular complexity index is 2230. The number of rotatable bonds is 68. The summed E-state index contributed by atoms with van der Waals surface area (Å²) >= 11 is 0.899. The van der Waals surface area contributed by atoms with Crippen LogP contribution in [0, 0.1) is 0 Å². The Kier molecular flexibility index (Phi) is 64.8. The Labute approximate surface area is 619 Å². The average molecular weight is 1460 g/mol. The van der Waals surface area contributed by atoms with Crippen LogP contribution in [0.5, 0.6) is 0 Å². The smallest absolute Gasteiger partial charge is 0.305 e. The van der Waals surface area contributed by atoms with Crippen LogP contribution < -0.4 is 31.9 Å². The maximum Gasteiger partial charge on any atom is 0.305 e. The Morgan fingerprint density at radius 2 is 0.451 bits per heavy atom. The Morgan fingerprint density at radius 3 is 0.706 bits per heavy atom. The third kappa shape index (κ3) is 60.7. The minimum Gasteiger partial charge on any atom is -0.463 e. The predicted octanol–water partition coefficient (Wildman–Crippen LogP) is 15.0. The van der Waals surface area contributed by atoms with Crippen LogP contribution in [-0.4, -0.2) is 130 Å². The SMILES string of the molecule is CCCCCCCCCCCC(=O)NC(CCC(=O)NC(COC(=O)CCC(NC(=O)CCCCCCCCCCC)C(C)=O)C(C)=O)C(C)=O.CCCCCCCCCCCC(=O)NC(CCC(=O)NC(CSC(=O)CCC(NC(=O)CCCCCCCCCCC)C(C)=O)C(C)=O)C(C)=O. The molecule has 0 saturated carbocycles. The highest BCUT2D eigenvalue weighted by Gasteiger charge is 2.26. The maximum atomic E-state index is 12.7. The number of ether oxygens (including phenoxy) is 1. The summed E-state index contributed by atoms with van der Waals surface area (Å²) in [6, 6.07) is -5.14. The van der Waals surface area contributed by atoms with Gasteiger partial charge in [0.05, 0.1) is 30.2 Å². The highest BCUT2D eigenvalue weighted by atomic mass is 32.2. The van der Waals surface area contributed by atoms with E-state index in [1.807, 2.05) is 0 Å². The molecule has 0 spiro atoms. The molecule has 22 heteroatoms. The van der Waals surface area contributed by atoms with Gasteiger partial charge in [-0.3, -0.25) is 67.1 Å². The van der Waals surface area contributed by atoms with Crippen molar-refractivity contribution in [2.45, 2.75) is 414 Å². The number of Topliss-reactive ketones (excluding diaryl/α,β-unsaturated/α-hetero) is 6. The number of nitrogens with one attached hydrogen (secondary N) is 6. The molecule has 6 atom stereocenters. The van der Waals surface area contributed by atoms with Crippen LogP contribution in [0.3, 0.4) is 0 Å². The summed E-state index contributed by atoms with van der Waals surface area (Å²) in [6.07, 6.45) is 42.4. The van der Waals surface area contributed by atoms with Crippen molar-refractivity contribution in [3.8, 4) is 0 Å². The van der Waals surface area contributed by atoms with Crippen molar-refractivity contribution in [1.29, 1.82) is 0 Å². The van der Waals surface area contributed by atoms with Gasteiger partial charge in [-0.2, -0.15) is 0 Å². The van der Waals surface area contributed by atoms with Crippen LogP contribution in [0.25, 0.3) is 0 Å². The van der Waals surface area contributed by atoms with Gasteiger partial charge in [-0.05, 0) is 92.9 Å².